The Bertz CT molecular complexity index is 702. The van der Waals surface area contributed by atoms with Crippen molar-refractivity contribution in [2.45, 2.75) is 18.5 Å². The molecule has 4 heterocycles. The molecule has 0 bridgehead atoms. The summed E-state index contributed by atoms with van der Waals surface area (Å²) in [6, 6.07) is 10.4. The molecule has 26 heavy (non-hydrogen) atoms. The summed E-state index contributed by atoms with van der Waals surface area (Å²) < 4.78 is 5.43. The Labute approximate surface area is 159 Å². The SMILES string of the molecule is S=C1N[C@H](c2ccccn2)[C@H](c2ccc[nH]2)N1CCCN1CCOCC1. The molecule has 0 saturated carbocycles. The molecule has 2 atom stereocenters. The molecule has 2 N–H and O–H groups in total. The van der Waals surface area contributed by atoms with E-state index in [1.165, 1.54) is 5.69 Å². The van der Waals surface area contributed by atoms with E-state index in [1.807, 2.05) is 30.6 Å². The van der Waals surface area contributed by atoms with Gasteiger partial charge < -0.3 is 19.9 Å². The lowest BCUT2D eigenvalue weighted by Crippen LogP contribution is -2.39. The summed E-state index contributed by atoms with van der Waals surface area (Å²) in [7, 11) is 0. The molecule has 0 radical (unpaired) electrons. The van der Waals surface area contributed by atoms with Crippen LogP contribution in [0, 0.1) is 0 Å². The van der Waals surface area contributed by atoms with E-state index in [1.54, 1.807) is 0 Å². The fourth-order valence-corrected chi connectivity index (χ4v) is 4.13. The number of pyridine rings is 1. The first-order valence-corrected chi connectivity index (χ1v) is 9.65. The van der Waals surface area contributed by atoms with E-state index in [0.717, 1.165) is 56.6 Å². The van der Waals surface area contributed by atoms with Crippen molar-refractivity contribution < 1.29 is 4.74 Å². The molecule has 138 valence electrons. The zero-order valence-electron chi connectivity index (χ0n) is 14.8. The van der Waals surface area contributed by atoms with Crippen LogP contribution in [0.25, 0.3) is 0 Å². The maximum atomic E-state index is 5.68. The highest BCUT2D eigenvalue weighted by atomic mass is 32.1. The molecule has 6 nitrogen and oxygen atoms in total. The quantitative estimate of drug-likeness (QED) is 0.759. The molecule has 2 aromatic rings. The minimum atomic E-state index is 0.0609. The summed E-state index contributed by atoms with van der Waals surface area (Å²) in [5.41, 5.74) is 2.18. The highest BCUT2D eigenvalue weighted by molar-refractivity contribution is 7.80. The molecule has 0 aromatic carbocycles. The second-order valence-corrected chi connectivity index (χ2v) is 7.14. The molecular formula is C19H25N5OS. The van der Waals surface area contributed by atoms with Gasteiger partial charge in [-0.05, 0) is 42.9 Å². The fourth-order valence-electron chi connectivity index (χ4n) is 3.80. The van der Waals surface area contributed by atoms with Crippen LogP contribution in [0.4, 0.5) is 0 Å². The van der Waals surface area contributed by atoms with E-state index >= 15 is 0 Å². The Balaban J connectivity index is 1.48. The number of nitrogens with one attached hydrogen (secondary N) is 2. The maximum Gasteiger partial charge on any atom is 0.170 e. The molecule has 0 aliphatic carbocycles. The van der Waals surface area contributed by atoms with Crippen molar-refractivity contribution in [2.75, 3.05) is 39.4 Å². The van der Waals surface area contributed by atoms with Gasteiger partial charge in [-0.15, -0.1) is 0 Å². The van der Waals surface area contributed by atoms with Crippen LogP contribution < -0.4 is 5.32 Å². The van der Waals surface area contributed by atoms with E-state index in [-0.39, 0.29) is 12.1 Å². The van der Waals surface area contributed by atoms with Crippen LogP contribution in [-0.4, -0.2) is 64.3 Å². The van der Waals surface area contributed by atoms with Crippen molar-refractivity contribution in [1.82, 2.24) is 25.1 Å². The van der Waals surface area contributed by atoms with E-state index in [0.29, 0.717) is 0 Å². The Kier molecular flexibility index (Phi) is 5.48. The molecule has 2 fully saturated rings. The summed E-state index contributed by atoms with van der Waals surface area (Å²) in [5, 5.41) is 4.30. The predicted octanol–water partition coefficient (Wildman–Crippen LogP) is 2.10. The Morgan fingerprint density at radius 1 is 1.15 bits per heavy atom. The van der Waals surface area contributed by atoms with Crippen molar-refractivity contribution in [3.63, 3.8) is 0 Å². The van der Waals surface area contributed by atoms with E-state index in [4.69, 9.17) is 17.0 Å². The number of ether oxygens (including phenoxy) is 1. The first-order chi connectivity index (χ1) is 12.8. The molecule has 0 spiro atoms. The van der Waals surface area contributed by atoms with Crippen LogP contribution in [0.3, 0.4) is 0 Å². The van der Waals surface area contributed by atoms with Crippen LogP contribution in [0.5, 0.6) is 0 Å². The van der Waals surface area contributed by atoms with Crippen molar-refractivity contribution in [2.24, 2.45) is 0 Å². The molecular weight excluding hydrogens is 346 g/mol. The molecule has 0 amide bonds. The average Bonchev–Trinajstić information content (AvgIpc) is 3.32. The third kappa shape index (κ3) is 3.75. The standard InChI is InChI=1S/C19H25N5OS/c26-19-22-17(15-5-1-2-7-20-15)18(16-6-3-8-21-16)24(19)10-4-9-23-11-13-25-14-12-23/h1-3,5-8,17-18,21H,4,9-14H2,(H,22,26)/t17-,18+/m1/s1. The zero-order chi connectivity index (χ0) is 17.8. The summed E-state index contributed by atoms with van der Waals surface area (Å²) >= 11 is 5.68. The highest BCUT2D eigenvalue weighted by Gasteiger charge is 2.39. The maximum absolute atomic E-state index is 5.68. The van der Waals surface area contributed by atoms with Gasteiger partial charge in [0.15, 0.2) is 5.11 Å². The Hall–Kier alpha value is -1.96. The van der Waals surface area contributed by atoms with Gasteiger partial charge in [0.25, 0.3) is 0 Å². The van der Waals surface area contributed by atoms with E-state index in [2.05, 4.69) is 37.2 Å². The lowest BCUT2D eigenvalue weighted by molar-refractivity contribution is 0.0365. The van der Waals surface area contributed by atoms with Gasteiger partial charge in [-0.3, -0.25) is 9.88 Å². The first kappa shape index (κ1) is 17.5. The average molecular weight is 372 g/mol. The fraction of sp³-hybridized carbons (Fsp3) is 0.474. The highest BCUT2D eigenvalue weighted by Crippen LogP contribution is 2.37. The summed E-state index contributed by atoms with van der Waals surface area (Å²) in [6.45, 7) is 5.75. The van der Waals surface area contributed by atoms with Crippen LogP contribution in [0.2, 0.25) is 0 Å². The van der Waals surface area contributed by atoms with Crippen molar-refractivity contribution in [1.29, 1.82) is 0 Å². The van der Waals surface area contributed by atoms with Crippen molar-refractivity contribution >= 4 is 17.3 Å². The monoisotopic (exact) mass is 371 g/mol. The number of hydrogen-bond donors (Lipinski definition) is 2. The van der Waals surface area contributed by atoms with Gasteiger partial charge in [-0.2, -0.15) is 0 Å². The Morgan fingerprint density at radius 2 is 2.04 bits per heavy atom. The Morgan fingerprint density at radius 3 is 2.77 bits per heavy atom. The summed E-state index contributed by atoms with van der Waals surface area (Å²) in [4.78, 5) is 12.7. The van der Waals surface area contributed by atoms with Gasteiger partial charge in [-0.1, -0.05) is 6.07 Å². The predicted molar refractivity (Wildman–Crippen MR) is 105 cm³/mol. The van der Waals surface area contributed by atoms with Gasteiger partial charge in [0.2, 0.25) is 0 Å². The third-order valence-corrected chi connectivity index (χ3v) is 5.47. The van der Waals surface area contributed by atoms with Gasteiger partial charge in [0, 0.05) is 44.3 Å². The lowest BCUT2D eigenvalue weighted by atomic mass is 10.0. The molecule has 0 unspecified atom stereocenters. The smallest absolute Gasteiger partial charge is 0.170 e. The second-order valence-electron chi connectivity index (χ2n) is 6.75. The molecule has 2 saturated heterocycles. The lowest BCUT2D eigenvalue weighted by Gasteiger charge is -2.30. The van der Waals surface area contributed by atoms with Gasteiger partial charge in [-0.25, -0.2) is 0 Å². The zero-order valence-corrected chi connectivity index (χ0v) is 15.6. The third-order valence-electron chi connectivity index (χ3n) is 5.12. The normalized spacial score (nSPS) is 24.0. The topological polar surface area (TPSA) is 56.4 Å². The largest absolute Gasteiger partial charge is 0.379 e. The van der Waals surface area contributed by atoms with Crippen molar-refractivity contribution in [3.05, 3.63) is 54.1 Å². The number of hydrogen-bond acceptors (Lipinski definition) is 4. The van der Waals surface area contributed by atoms with Crippen LogP contribution >= 0.6 is 12.2 Å². The first-order valence-electron chi connectivity index (χ1n) is 9.24. The number of H-pyrrole nitrogens is 1. The number of aromatic amines is 1. The minimum absolute atomic E-state index is 0.0609. The van der Waals surface area contributed by atoms with Crippen molar-refractivity contribution in [3.8, 4) is 0 Å². The molecule has 4 rings (SSSR count). The van der Waals surface area contributed by atoms with Gasteiger partial charge in [0.05, 0.1) is 31.0 Å². The van der Waals surface area contributed by atoms with Crippen LogP contribution in [-0.2, 0) is 4.74 Å². The van der Waals surface area contributed by atoms with E-state index in [9.17, 15) is 0 Å². The number of aromatic nitrogens is 2. The van der Waals surface area contributed by atoms with Gasteiger partial charge >= 0.3 is 0 Å². The van der Waals surface area contributed by atoms with Crippen LogP contribution in [0.1, 0.15) is 29.9 Å². The second kappa shape index (κ2) is 8.16. The van der Waals surface area contributed by atoms with Gasteiger partial charge in [0.1, 0.15) is 0 Å². The molecule has 7 heteroatoms. The molecule has 2 aliphatic heterocycles. The minimum Gasteiger partial charge on any atom is -0.379 e. The molecule has 2 aliphatic rings. The summed E-state index contributed by atoms with van der Waals surface area (Å²) in [6.07, 6.45) is 4.89. The van der Waals surface area contributed by atoms with E-state index < -0.39 is 0 Å². The summed E-state index contributed by atoms with van der Waals surface area (Å²) in [5.74, 6) is 0. The number of nitrogens with zero attached hydrogens (tertiary/aromatic N) is 3. The molecule has 2 aromatic heterocycles. The van der Waals surface area contributed by atoms with Crippen LogP contribution in [0.15, 0.2) is 42.7 Å². The number of rotatable bonds is 6. The number of morpholine rings is 1. The number of thiocarbonyl (C=S) groups is 1.